The third-order valence-corrected chi connectivity index (χ3v) is 4.26. The Morgan fingerprint density at radius 3 is 2.59 bits per heavy atom. The molecule has 0 bridgehead atoms. The summed E-state index contributed by atoms with van der Waals surface area (Å²) in [5.41, 5.74) is 0.879. The van der Waals surface area contributed by atoms with E-state index >= 15 is 0 Å². The van der Waals surface area contributed by atoms with Crippen LogP contribution >= 0.6 is 11.8 Å². The highest BCUT2D eigenvalue weighted by atomic mass is 32.2. The maximum atomic E-state index is 12.2. The summed E-state index contributed by atoms with van der Waals surface area (Å²) in [6, 6.07) is 9.94. The molecule has 2 aromatic rings. The molecule has 1 aromatic heterocycles. The van der Waals surface area contributed by atoms with Gasteiger partial charge in [-0.2, -0.15) is 0 Å². The third-order valence-electron chi connectivity index (χ3n) is 3.13. The maximum absolute atomic E-state index is 12.2. The van der Waals surface area contributed by atoms with E-state index in [0.717, 1.165) is 5.56 Å². The van der Waals surface area contributed by atoms with E-state index in [1.54, 1.807) is 11.7 Å². The summed E-state index contributed by atoms with van der Waals surface area (Å²) >= 11 is 1.39. The van der Waals surface area contributed by atoms with Crippen molar-refractivity contribution in [3.63, 3.8) is 0 Å². The van der Waals surface area contributed by atoms with Crippen molar-refractivity contribution >= 4 is 17.7 Å². The van der Waals surface area contributed by atoms with Crippen molar-refractivity contribution in [1.82, 2.24) is 25.5 Å². The van der Waals surface area contributed by atoms with Gasteiger partial charge in [-0.05, 0) is 43.2 Å². The summed E-state index contributed by atoms with van der Waals surface area (Å²) < 4.78 is 1.75. The Labute approximate surface area is 134 Å². The molecule has 22 heavy (non-hydrogen) atoms. The Hall–Kier alpha value is -1.89. The lowest BCUT2D eigenvalue weighted by atomic mass is 10.1. The molecule has 7 heteroatoms. The highest BCUT2D eigenvalue weighted by molar-refractivity contribution is 8.00. The number of benzene rings is 1. The molecule has 1 N–H and O–H groups in total. The summed E-state index contributed by atoms with van der Waals surface area (Å²) in [5, 5.41) is 14.9. The molecule has 1 unspecified atom stereocenters. The van der Waals surface area contributed by atoms with Crippen LogP contribution in [-0.2, 0) is 16.8 Å². The molecule has 1 amide bonds. The second-order valence-electron chi connectivity index (χ2n) is 5.95. The quantitative estimate of drug-likeness (QED) is 0.852. The molecule has 0 spiro atoms. The van der Waals surface area contributed by atoms with E-state index in [2.05, 4.69) is 20.8 Å². The average molecular weight is 319 g/mol. The van der Waals surface area contributed by atoms with Crippen LogP contribution in [0.1, 0.15) is 26.3 Å². The minimum Gasteiger partial charge on any atom is -0.358 e. The van der Waals surface area contributed by atoms with Gasteiger partial charge in [-0.1, -0.05) is 42.1 Å². The van der Waals surface area contributed by atoms with E-state index in [1.807, 2.05) is 51.1 Å². The molecule has 0 saturated heterocycles. The minimum atomic E-state index is -0.278. The predicted octanol–water partition coefficient (Wildman–Crippen LogP) is 1.88. The van der Waals surface area contributed by atoms with Gasteiger partial charge < -0.3 is 5.32 Å². The highest BCUT2D eigenvalue weighted by Crippen LogP contribution is 2.27. The van der Waals surface area contributed by atoms with E-state index in [0.29, 0.717) is 11.6 Å². The number of hydrogen-bond acceptors (Lipinski definition) is 5. The van der Waals surface area contributed by atoms with Crippen molar-refractivity contribution in [2.75, 3.05) is 7.05 Å². The summed E-state index contributed by atoms with van der Waals surface area (Å²) in [5.74, 6) is -0.0303. The summed E-state index contributed by atoms with van der Waals surface area (Å²) in [7, 11) is 1.65. The van der Waals surface area contributed by atoms with Crippen LogP contribution in [0.25, 0.3) is 0 Å². The molecule has 2 rings (SSSR count). The number of nitrogens with zero attached hydrogens (tertiary/aromatic N) is 4. The van der Waals surface area contributed by atoms with Gasteiger partial charge in [0.05, 0.1) is 10.8 Å². The molecule has 0 aliphatic rings. The molecule has 1 atom stereocenters. The molecule has 6 nitrogen and oxygen atoms in total. The third kappa shape index (κ3) is 4.07. The van der Waals surface area contributed by atoms with Crippen LogP contribution in [-0.4, -0.2) is 38.4 Å². The van der Waals surface area contributed by atoms with Crippen LogP contribution in [0.4, 0.5) is 0 Å². The van der Waals surface area contributed by atoms with Crippen molar-refractivity contribution < 1.29 is 4.79 Å². The fourth-order valence-corrected chi connectivity index (χ4v) is 3.23. The number of hydrogen-bond donors (Lipinski definition) is 1. The Morgan fingerprint density at radius 2 is 2.00 bits per heavy atom. The van der Waals surface area contributed by atoms with Crippen LogP contribution in [0.3, 0.4) is 0 Å². The zero-order valence-corrected chi connectivity index (χ0v) is 14.1. The van der Waals surface area contributed by atoms with Crippen LogP contribution in [0, 0.1) is 0 Å². The molecule has 0 aliphatic heterocycles. The molecule has 118 valence electrons. The second kappa shape index (κ2) is 6.91. The first kappa shape index (κ1) is 16.5. The standard InChI is InChI=1S/C15H21N5OS/c1-15(2,3)20-14(17-18-19-20)22-12(13(21)16-4)10-11-8-6-5-7-9-11/h5-9,12H,10H2,1-4H3,(H,16,21). The molecule has 0 radical (unpaired) electrons. The summed E-state index contributed by atoms with van der Waals surface area (Å²) in [6.45, 7) is 6.08. The van der Waals surface area contributed by atoms with Crippen molar-refractivity contribution in [3.05, 3.63) is 35.9 Å². The van der Waals surface area contributed by atoms with E-state index < -0.39 is 0 Å². The van der Waals surface area contributed by atoms with Crippen molar-refractivity contribution in [1.29, 1.82) is 0 Å². The molecule has 1 aromatic carbocycles. The Bertz CT molecular complexity index is 620. The van der Waals surface area contributed by atoms with Gasteiger partial charge in [0, 0.05) is 7.05 Å². The summed E-state index contributed by atoms with van der Waals surface area (Å²) in [6.07, 6.45) is 0.627. The molecule has 0 saturated carbocycles. The number of tetrazole rings is 1. The molecular formula is C15H21N5OS. The Morgan fingerprint density at radius 1 is 1.32 bits per heavy atom. The number of carbonyl (C=O) groups excluding carboxylic acids is 1. The molecule has 0 fully saturated rings. The van der Waals surface area contributed by atoms with E-state index in [1.165, 1.54) is 11.8 Å². The number of rotatable bonds is 5. The van der Waals surface area contributed by atoms with Crippen LogP contribution in [0.15, 0.2) is 35.5 Å². The van der Waals surface area contributed by atoms with Gasteiger partial charge in [-0.25, -0.2) is 4.68 Å². The largest absolute Gasteiger partial charge is 0.358 e. The van der Waals surface area contributed by atoms with Gasteiger partial charge in [0.25, 0.3) is 0 Å². The molecular weight excluding hydrogens is 298 g/mol. The summed E-state index contributed by atoms with van der Waals surface area (Å²) in [4.78, 5) is 12.2. The molecule has 1 heterocycles. The monoisotopic (exact) mass is 319 g/mol. The molecule has 0 aliphatic carbocycles. The number of nitrogens with one attached hydrogen (secondary N) is 1. The predicted molar refractivity (Wildman–Crippen MR) is 86.7 cm³/mol. The van der Waals surface area contributed by atoms with Gasteiger partial charge in [-0.15, -0.1) is 5.10 Å². The number of carbonyl (C=O) groups is 1. The van der Waals surface area contributed by atoms with E-state index in [-0.39, 0.29) is 16.7 Å². The SMILES string of the molecule is CNC(=O)C(Cc1ccccc1)Sc1nnnn1C(C)(C)C. The van der Waals surface area contributed by atoms with E-state index in [9.17, 15) is 4.79 Å². The first-order chi connectivity index (χ1) is 10.4. The number of aromatic nitrogens is 4. The first-order valence-corrected chi connectivity index (χ1v) is 8.01. The highest BCUT2D eigenvalue weighted by Gasteiger charge is 2.26. The lowest BCUT2D eigenvalue weighted by Gasteiger charge is -2.21. The topological polar surface area (TPSA) is 72.7 Å². The minimum absolute atomic E-state index is 0.0303. The van der Waals surface area contributed by atoms with Crippen LogP contribution in [0.5, 0.6) is 0 Å². The lowest BCUT2D eigenvalue weighted by Crippen LogP contribution is -2.32. The van der Waals surface area contributed by atoms with Gasteiger partial charge in [-0.3, -0.25) is 4.79 Å². The van der Waals surface area contributed by atoms with E-state index in [4.69, 9.17) is 0 Å². The van der Waals surface area contributed by atoms with Crippen LogP contribution in [0.2, 0.25) is 0 Å². The second-order valence-corrected chi connectivity index (χ2v) is 7.12. The first-order valence-electron chi connectivity index (χ1n) is 7.13. The fraction of sp³-hybridized carbons (Fsp3) is 0.467. The zero-order chi connectivity index (χ0) is 16.2. The van der Waals surface area contributed by atoms with Gasteiger partial charge in [0.1, 0.15) is 0 Å². The smallest absolute Gasteiger partial charge is 0.233 e. The zero-order valence-electron chi connectivity index (χ0n) is 13.3. The van der Waals surface area contributed by atoms with Gasteiger partial charge in [0.2, 0.25) is 11.1 Å². The number of amides is 1. The average Bonchev–Trinajstić information content (AvgIpc) is 2.95. The van der Waals surface area contributed by atoms with Crippen molar-refractivity contribution in [2.45, 2.75) is 43.1 Å². The lowest BCUT2D eigenvalue weighted by molar-refractivity contribution is -0.120. The number of thioether (sulfide) groups is 1. The Kier molecular flexibility index (Phi) is 5.18. The van der Waals surface area contributed by atoms with Crippen molar-refractivity contribution in [2.24, 2.45) is 0 Å². The van der Waals surface area contributed by atoms with Crippen LogP contribution < -0.4 is 5.32 Å². The maximum Gasteiger partial charge on any atom is 0.233 e. The van der Waals surface area contributed by atoms with Gasteiger partial charge >= 0.3 is 0 Å². The Balaban J connectivity index is 2.21. The van der Waals surface area contributed by atoms with Gasteiger partial charge in [0.15, 0.2) is 0 Å². The van der Waals surface area contributed by atoms with Crippen molar-refractivity contribution in [3.8, 4) is 0 Å². The fourth-order valence-electron chi connectivity index (χ4n) is 1.98. The normalized spacial score (nSPS) is 12.9.